The topological polar surface area (TPSA) is 220 Å². The molecule has 0 fully saturated rings. The molecule has 212 valence electrons. The lowest BCUT2D eigenvalue weighted by Crippen LogP contribution is -2.51. The Labute approximate surface area is 227 Å². The average Bonchev–Trinajstić information content (AvgIpc) is 2.92. The molecule has 0 saturated heterocycles. The molecule has 0 aliphatic carbocycles. The molecule has 0 bridgehead atoms. The van der Waals surface area contributed by atoms with Gasteiger partial charge in [0.15, 0.2) is 0 Å². The van der Waals surface area contributed by atoms with Crippen molar-refractivity contribution in [2.45, 2.75) is 18.3 Å². The Morgan fingerprint density at radius 3 is 1.15 bits per heavy atom. The van der Waals surface area contributed by atoms with Crippen LogP contribution in [0.4, 0.5) is 14.4 Å². The van der Waals surface area contributed by atoms with Gasteiger partial charge in [-0.1, -0.05) is 18.2 Å². The van der Waals surface area contributed by atoms with E-state index in [1.807, 2.05) is 0 Å². The molecule has 0 spiro atoms. The molecule has 3 atom stereocenters. The summed E-state index contributed by atoms with van der Waals surface area (Å²) in [4.78, 5) is 74.3. The second-order valence-corrected chi connectivity index (χ2v) is 8.53. The van der Waals surface area contributed by atoms with Crippen molar-refractivity contribution in [2.75, 3.05) is 39.3 Å². The highest BCUT2D eigenvalue weighted by Gasteiger charge is 2.28. The third-order valence-corrected chi connectivity index (χ3v) is 5.77. The van der Waals surface area contributed by atoms with Gasteiger partial charge in [-0.2, -0.15) is 14.4 Å². The largest absolute Gasteiger partial charge is 0.840 e. The van der Waals surface area contributed by atoms with Crippen molar-refractivity contribution in [1.82, 2.24) is 20.9 Å². The summed E-state index contributed by atoms with van der Waals surface area (Å²) >= 11 is 0. The number of hydrogen-bond donors (Lipinski definition) is 3. The Hall–Kier alpha value is -4.51. The maximum Gasteiger partial charge on any atom is 0.498 e. The molecule has 3 aliphatic heterocycles. The van der Waals surface area contributed by atoms with E-state index in [2.05, 4.69) is 16.0 Å². The lowest BCUT2D eigenvalue weighted by molar-refractivity contribution is -0.439. The highest BCUT2D eigenvalue weighted by atomic mass is 16.3. The Morgan fingerprint density at radius 1 is 0.600 bits per heavy atom. The maximum atomic E-state index is 12.3. The van der Waals surface area contributed by atoms with Gasteiger partial charge in [-0.15, -0.1) is 13.7 Å². The molecule has 16 heteroatoms. The van der Waals surface area contributed by atoms with Gasteiger partial charge < -0.3 is 15.3 Å². The smallest absolute Gasteiger partial charge is 0.498 e. The second kappa shape index (κ2) is 14.0. The average molecular weight is 558 g/mol. The van der Waals surface area contributed by atoms with Crippen LogP contribution in [0.5, 0.6) is 0 Å². The van der Waals surface area contributed by atoms with E-state index < -0.39 is 54.1 Å². The van der Waals surface area contributed by atoms with Crippen LogP contribution in [0.3, 0.4) is 0 Å². The molecular weight excluding hydrogens is 530 g/mol. The molecule has 40 heavy (non-hydrogen) atoms. The predicted octanol–water partition coefficient (Wildman–Crippen LogP) is -5.86. The summed E-state index contributed by atoms with van der Waals surface area (Å²) in [6, 6.07) is -2.43. The second-order valence-electron chi connectivity index (χ2n) is 8.53. The summed E-state index contributed by atoms with van der Waals surface area (Å²) in [6.07, 6.45) is 5.64. The van der Waals surface area contributed by atoms with Crippen molar-refractivity contribution in [2.24, 2.45) is 0 Å². The van der Waals surface area contributed by atoms with E-state index >= 15 is 0 Å². The van der Waals surface area contributed by atoms with Crippen molar-refractivity contribution >= 4 is 54.5 Å². The molecule has 0 aromatic rings. The third-order valence-electron chi connectivity index (χ3n) is 5.77. The van der Waals surface area contributed by atoms with E-state index in [0.717, 1.165) is 36.9 Å². The number of rotatable bonds is 9. The number of nitrogens with zero attached hydrogens (tertiary/aromatic N) is 4. The van der Waals surface area contributed by atoms with Crippen molar-refractivity contribution in [3.05, 3.63) is 36.5 Å². The number of allylic oxidation sites excluding steroid dienone is 3. The normalized spacial score (nSPS) is 22.1. The molecule has 16 nitrogen and oxygen atoms in total. The predicted molar refractivity (Wildman–Crippen MR) is 129 cm³/mol. The zero-order valence-corrected chi connectivity index (χ0v) is 21.1. The molecule has 3 unspecified atom stereocenters. The fourth-order valence-corrected chi connectivity index (χ4v) is 3.65. The van der Waals surface area contributed by atoms with Crippen LogP contribution in [0.2, 0.25) is 0 Å². The Morgan fingerprint density at radius 2 is 0.875 bits per heavy atom. The van der Waals surface area contributed by atoms with Gasteiger partial charge in [0.1, 0.15) is 18.6 Å². The molecule has 3 N–H and O–H groups in total. The van der Waals surface area contributed by atoms with Gasteiger partial charge >= 0.3 is 35.8 Å². The van der Waals surface area contributed by atoms with Gasteiger partial charge in [-0.3, -0.25) is 4.90 Å². The molecule has 0 aromatic heterocycles. The van der Waals surface area contributed by atoms with Crippen LogP contribution in [0.25, 0.3) is 0 Å². The van der Waals surface area contributed by atoms with Gasteiger partial charge in [-0.05, 0) is 18.2 Å². The van der Waals surface area contributed by atoms with Crippen molar-refractivity contribution < 1.29 is 57.8 Å². The molecule has 3 heterocycles. The summed E-state index contributed by atoms with van der Waals surface area (Å²) in [6.45, 7) is 0.512. The number of nitrogens with one attached hydrogen (secondary N) is 3. The van der Waals surface area contributed by atoms with Crippen molar-refractivity contribution in [1.29, 1.82) is 0 Å². The highest BCUT2D eigenvalue weighted by molar-refractivity contribution is 5.94. The lowest BCUT2D eigenvalue weighted by Gasteiger charge is -2.21. The minimum absolute atomic E-state index is 0.00761. The first-order chi connectivity index (χ1) is 19.1. The quantitative estimate of drug-likeness (QED) is 0.228. The highest BCUT2D eigenvalue weighted by Crippen LogP contribution is 1.97. The van der Waals surface area contributed by atoms with Gasteiger partial charge in [0.2, 0.25) is 0 Å². The van der Waals surface area contributed by atoms with Gasteiger partial charge in [0.05, 0.1) is 19.6 Å². The zero-order valence-electron chi connectivity index (χ0n) is 21.1. The Balaban J connectivity index is 1.54. The number of amides is 9. The minimum atomic E-state index is -1.69. The number of carbonyl (C=O) groups excluding carboxylic acids is 6. The maximum absolute atomic E-state index is 12.3. The van der Waals surface area contributed by atoms with Crippen LogP contribution < -0.4 is 31.3 Å². The fraction of sp³-hybridized carbons (Fsp3) is 0.375. The monoisotopic (exact) mass is 557 g/mol. The Kier molecular flexibility index (Phi) is 10.5. The molecule has 0 saturated carbocycles. The standard InChI is InChI=1S/C24H27N7O9/c32-16-4-1-10-29(19(16)35)22(38)25-7-13-28(14-8-26-23(39)30-11-2-5-17(33)20(30)36)15-9-27-24(40)31-12-3-6-18(34)21(31)37/h1-6,10-12,16-18H,7-9,13-15H2,(H,25,38)(H,26,39)(H,27,40). The van der Waals surface area contributed by atoms with Crippen LogP contribution in [0.1, 0.15) is 0 Å². The number of urea groups is 3. The summed E-state index contributed by atoms with van der Waals surface area (Å²) < 4.78 is 1.99. The molecule has 3 rings (SSSR count). The molecule has 0 radical (unpaired) electrons. The number of carbonyl (C=O) groups is 6. The van der Waals surface area contributed by atoms with Crippen LogP contribution in [0, 0.1) is 0 Å². The van der Waals surface area contributed by atoms with Crippen LogP contribution in [-0.2, 0) is 14.4 Å². The fourth-order valence-electron chi connectivity index (χ4n) is 3.65. The van der Waals surface area contributed by atoms with Crippen LogP contribution in [-0.4, -0.2) is 131 Å². The number of hydrogen-bond acceptors (Lipinski definition) is 10. The molecule has 0 aromatic carbocycles. The Bertz CT molecular complexity index is 1110. The first-order valence-corrected chi connectivity index (χ1v) is 12.2. The van der Waals surface area contributed by atoms with Gasteiger partial charge in [0.25, 0.3) is 0 Å². The van der Waals surface area contributed by atoms with E-state index in [9.17, 15) is 44.1 Å². The van der Waals surface area contributed by atoms with E-state index in [4.69, 9.17) is 0 Å². The van der Waals surface area contributed by atoms with E-state index in [1.54, 1.807) is 4.90 Å². The summed E-state index contributed by atoms with van der Waals surface area (Å²) in [5, 5.41) is 42.2. The zero-order chi connectivity index (χ0) is 29.2. The van der Waals surface area contributed by atoms with Gasteiger partial charge in [-0.25, -0.2) is 30.3 Å². The SMILES string of the molecule is O=C(NCCN(CCNC(=O)[N+]1=CC=CC([O-])C1=O)CCNC(=O)[N+]1=CC=CC([O-])C1=O)[N+]1=CC=CC([O-])C1=O. The molecular formula is C24H27N7O9. The van der Waals surface area contributed by atoms with E-state index in [0.29, 0.717) is 13.7 Å². The summed E-state index contributed by atoms with van der Waals surface area (Å²) in [7, 11) is 0. The molecule has 3 aliphatic rings. The minimum Gasteiger partial charge on any atom is -0.840 e. The van der Waals surface area contributed by atoms with Crippen molar-refractivity contribution in [3.63, 3.8) is 0 Å². The first kappa shape index (κ1) is 30.0. The first-order valence-electron chi connectivity index (χ1n) is 12.2. The molecule has 9 amide bonds. The van der Waals surface area contributed by atoms with Gasteiger partial charge in [0, 0.05) is 37.9 Å². The van der Waals surface area contributed by atoms with Crippen LogP contribution >= 0.6 is 0 Å². The lowest BCUT2D eigenvalue weighted by atomic mass is 10.2. The summed E-state index contributed by atoms with van der Waals surface area (Å²) in [5.74, 6) is -2.79. The van der Waals surface area contributed by atoms with Crippen molar-refractivity contribution in [3.8, 4) is 0 Å². The third kappa shape index (κ3) is 7.76. The summed E-state index contributed by atoms with van der Waals surface area (Å²) in [5.41, 5.74) is 0. The van der Waals surface area contributed by atoms with E-state index in [-0.39, 0.29) is 39.3 Å². The van der Waals surface area contributed by atoms with E-state index in [1.165, 1.54) is 18.2 Å². The number of imide groups is 3. The van der Waals surface area contributed by atoms with Crippen LogP contribution in [0.15, 0.2) is 36.5 Å².